The van der Waals surface area contributed by atoms with Gasteiger partial charge in [0.2, 0.25) is 0 Å². The minimum Gasteiger partial charge on any atom is -0.480 e. The zero-order valence-corrected chi connectivity index (χ0v) is 5.76. The van der Waals surface area contributed by atoms with E-state index < -0.39 is 5.97 Å². The molecule has 1 heterocycles. The van der Waals surface area contributed by atoms with Crippen molar-refractivity contribution < 1.29 is 9.90 Å². The van der Waals surface area contributed by atoms with Crippen LogP contribution >= 0.6 is 0 Å². The van der Waals surface area contributed by atoms with Crippen LogP contribution in [0.4, 0.5) is 0 Å². The molecule has 1 unspecified atom stereocenters. The smallest absolute Gasteiger partial charge is 0.320 e. The van der Waals surface area contributed by atoms with Crippen LogP contribution in [-0.4, -0.2) is 23.7 Å². The lowest BCUT2D eigenvalue weighted by molar-refractivity contribution is -0.139. The number of hydrogen-bond donors (Lipinski definition) is 2. The van der Waals surface area contributed by atoms with Crippen LogP contribution in [-0.2, 0) is 4.79 Å². The van der Waals surface area contributed by atoms with E-state index in [0.29, 0.717) is 5.41 Å². The van der Waals surface area contributed by atoms with Crippen LogP contribution in [0.15, 0.2) is 0 Å². The van der Waals surface area contributed by atoms with E-state index in [0.717, 1.165) is 13.0 Å². The second-order valence-corrected chi connectivity index (χ2v) is 3.48. The second kappa shape index (κ2) is 1.72. The fourth-order valence-corrected chi connectivity index (χ4v) is 1.65. The van der Waals surface area contributed by atoms with Gasteiger partial charge in [-0.1, -0.05) is 0 Å². The molecular weight excluding hydrogens is 130 g/mol. The van der Waals surface area contributed by atoms with Gasteiger partial charge in [0.05, 0.1) is 0 Å². The molecule has 0 amide bonds. The van der Waals surface area contributed by atoms with Crippen molar-refractivity contribution >= 4 is 5.97 Å². The van der Waals surface area contributed by atoms with Gasteiger partial charge in [-0.15, -0.1) is 0 Å². The summed E-state index contributed by atoms with van der Waals surface area (Å²) in [5, 5.41) is 11.6. The summed E-state index contributed by atoms with van der Waals surface area (Å²) in [7, 11) is 0. The highest BCUT2D eigenvalue weighted by atomic mass is 16.4. The summed E-state index contributed by atoms with van der Waals surface area (Å²) in [6.45, 7) is 0.921. The molecule has 10 heavy (non-hydrogen) atoms. The van der Waals surface area contributed by atoms with Crippen molar-refractivity contribution in [1.29, 1.82) is 0 Å². The lowest BCUT2D eigenvalue weighted by atomic mass is 10.0. The number of hydrogen-bond acceptors (Lipinski definition) is 2. The molecule has 3 nitrogen and oxygen atoms in total. The maximum Gasteiger partial charge on any atom is 0.320 e. The summed E-state index contributed by atoms with van der Waals surface area (Å²) in [4.78, 5) is 10.5. The molecule has 56 valence electrons. The topological polar surface area (TPSA) is 49.3 Å². The fourth-order valence-electron chi connectivity index (χ4n) is 1.65. The van der Waals surface area contributed by atoms with Gasteiger partial charge in [-0.3, -0.25) is 4.79 Å². The molecule has 2 fully saturated rings. The molecule has 0 aromatic rings. The highest BCUT2D eigenvalue weighted by molar-refractivity contribution is 5.74. The Labute approximate surface area is 59.4 Å². The third-order valence-electron chi connectivity index (χ3n) is 2.62. The molecule has 2 aliphatic rings. The van der Waals surface area contributed by atoms with Crippen LogP contribution in [0.2, 0.25) is 0 Å². The molecule has 2 rings (SSSR count). The van der Waals surface area contributed by atoms with Gasteiger partial charge in [-0.25, -0.2) is 0 Å². The molecule has 1 atom stereocenters. The second-order valence-electron chi connectivity index (χ2n) is 3.48. The number of nitrogens with one attached hydrogen (secondary N) is 1. The number of aliphatic carboxylic acids is 1. The van der Waals surface area contributed by atoms with Crippen LogP contribution in [0, 0.1) is 5.41 Å². The Morgan fingerprint density at radius 1 is 1.60 bits per heavy atom. The number of carbonyl (C=O) groups is 1. The molecule has 0 aromatic carbocycles. The predicted octanol–water partition coefficient (Wildman–Crippen LogP) is 0.213. The number of rotatable bonds is 1. The Morgan fingerprint density at radius 2 is 2.30 bits per heavy atom. The largest absolute Gasteiger partial charge is 0.480 e. The van der Waals surface area contributed by atoms with Gasteiger partial charge in [-0.2, -0.15) is 0 Å². The minimum absolute atomic E-state index is 0.262. The first-order valence-electron chi connectivity index (χ1n) is 3.68. The molecule has 1 aliphatic heterocycles. The summed E-state index contributed by atoms with van der Waals surface area (Å²) >= 11 is 0. The van der Waals surface area contributed by atoms with E-state index in [1.165, 1.54) is 12.8 Å². The van der Waals surface area contributed by atoms with E-state index in [2.05, 4.69) is 5.32 Å². The molecule has 0 aromatic heterocycles. The highest BCUT2D eigenvalue weighted by Crippen LogP contribution is 2.51. The SMILES string of the molecule is O=C(O)C1CC2(CC2)CN1. The van der Waals surface area contributed by atoms with E-state index >= 15 is 0 Å². The average Bonchev–Trinajstić information content (AvgIpc) is 2.41. The third kappa shape index (κ3) is 0.814. The van der Waals surface area contributed by atoms with Gasteiger partial charge < -0.3 is 10.4 Å². The van der Waals surface area contributed by atoms with Crippen molar-refractivity contribution in [1.82, 2.24) is 5.32 Å². The Balaban J connectivity index is 1.99. The molecular formula is C7H11NO2. The molecule has 2 N–H and O–H groups in total. The van der Waals surface area contributed by atoms with E-state index in [-0.39, 0.29) is 6.04 Å². The molecule has 0 radical (unpaired) electrons. The van der Waals surface area contributed by atoms with Crippen molar-refractivity contribution in [3.05, 3.63) is 0 Å². The van der Waals surface area contributed by atoms with E-state index in [9.17, 15) is 4.79 Å². The van der Waals surface area contributed by atoms with Crippen LogP contribution in [0.25, 0.3) is 0 Å². The van der Waals surface area contributed by atoms with E-state index in [4.69, 9.17) is 5.11 Å². The van der Waals surface area contributed by atoms with Crippen LogP contribution in [0.3, 0.4) is 0 Å². The molecule has 1 saturated heterocycles. The first kappa shape index (κ1) is 6.16. The van der Waals surface area contributed by atoms with Crippen molar-refractivity contribution in [2.45, 2.75) is 25.3 Å². The summed E-state index contributed by atoms with van der Waals surface area (Å²) in [6.07, 6.45) is 3.30. The minimum atomic E-state index is -0.691. The van der Waals surface area contributed by atoms with Crippen LogP contribution in [0.5, 0.6) is 0 Å². The Hall–Kier alpha value is -0.570. The molecule has 0 bridgehead atoms. The Bertz CT molecular complexity index is 174. The average molecular weight is 141 g/mol. The molecule has 1 aliphatic carbocycles. The van der Waals surface area contributed by atoms with Gasteiger partial charge in [-0.05, 0) is 24.7 Å². The van der Waals surface area contributed by atoms with Gasteiger partial charge in [0, 0.05) is 6.54 Å². The summed E-state index contributed by atoms with van der Waals surface area (Å²) in [6, 6.07) is -0.262. The maximum atomic E-state index is 10.5. The standard InChI is InChI=1S/C7H11NO2/c9-6(10)5-3-7(1-2-7)4-8-5/h5,8H,1-4H2,(H,9,10). The first-order valence-corrected chi connectivity index (χ1v) is 3.68. The summed E-state index contributed by atoms with van der Waals surface area (Å²) < 4.78 is 0. The molecule has 1 spiro atoms. The lowest BCUT2D eigenvalue weighted by Gasteiger charge is -2.01. The monoisotopic (exact) mass is 141 g/mol. The normalized spacial score (nSPS) is 34.6. The first-order chi connectivity index (χ1) is 4.72. The maximum absolute atomic E-state index is 10.5. The zero-order valence-electron chi connectivity index (χ0n) is 5.76. The highest BCUT2D eigenvalue weighted by Gasteiger charge is 2.49. The van der Waals surface area contributed by atoms with Crippen molar-refractivity contribution in [2.24, 2.45) is 5.41 Å². The number of carboxylic acids is 1. The van der Waals surface area contributed by atoms with Gasteiger partial charge in [0.25, 0.3) is 0 Å². The molecule has 1 saturated carbocycles. The van der Waals surface area contributed by atoms with Crippen LogP contribution in [0.1, 0.15) is 19.3 Å². The third-order valence-corrected chi connectivity index (χ3v) is 2.62. The lowest BCUT2D eigenvalue weighted by Crippen LogP contribution is -2.29. The van der Waals surface area contributed by atoms with Gasteiger partial charge in [0.15, 0.2) is 0 Å². The molecule has 3 heteroatoms. The zero-order chi connectivity index (χ0) is 7.19. The summed E-state index contributed by atoms with van der Waals surface area (Å²) in [5.74, 6) is -0.691. The van der Waals surface area contributed by atoms with Crippen molar-refractivity contribution in [3.63, 3.8) is 0 Å². The van der Waals surface area contributed by atoms with Gasteiger partial charge >= 0.3 is 5.97 Å². The predicted molar refractivity (Wildman–Crippen MR) is 35.7 cm³/mol. The van der Waals surface area contributed by atoms with E-state index in [1.807, 2.05) is 0 Å². The van der Waals surface area contributed by atoms with Crippen molar-refractivity contribution in [3.8, 4) is 0 Å². The Kier molecular flexibility index (Phi) is 1.06. The summed E-state index contributed by atoms with van der Waals surface area (Å²) in [5.41, 5.74) is 0.406. The van der Waals surface area contributed by atoms with Crippen LogP contribution < -0.4 is 5.32 Å². The van der Waals surface area contributed by atoms with Gasteiger partial charge in [0.1, 0.15) is 6.04 Å². The van der Waals surface area contributed by atoms with Crippen molar-refractivity contribution in [2.75, 3.05) is 6.54 Å². The fraction of sp³-hybridized carbons (Fsp3) is 0.857. The van der Waals surface area contributed by atoms with E-state index in [1.54, 1.807) is 0 Å². The quantitative estimate of drug-likeness (QED) is 0.549. The number of carboxylic acid groups (broad SMARTS) is 1. The Morgan fingerprint density at radius 3 is 2.60 bits per heavy atom.